The van der Waals surface area contributed by atoms with Crippen molar-refractivity contribution in [2.24, 2.45) is 7.05 Å². The summed E-state index contributed by atoms with van der Waals surface area (Å²) in [6, 6.07) is 8.49. The van der Waals surface area contributed by atoms with E-state index in [-0.39, 0.29) is 5.56 Å². The molecule has 0 atom stereocenters. The lowest BCUT2D eigenvalue weighted by molar-refractivity contribution is 0.643. The number of aryl methyl sites for hydroxylation is 4. The number of aromatic nitrogens is 3. The van der Waals surface area contributed by atoms with Gasteiger partial charge in [-0.2, -0.15) is 5.10 Å². The molecule has 3 aromatic heterocycles. The van der Waals surface area contributed by atoms with Crippen LogP contribution in [0.5, 0.6) is 0 Å². The summed E-state index contributed by atoms with van der Waals surface area (Å²) in [5.74, 6) is 0. The van der Waals surface area contributed by atoms with Gasteiger partial charge in [0.1, 0.15) is 5.52 Å². The standard InChI is InChI=1S/C19H19N3OS/c1-11-5-12(2)7-14(6-11)10-22-19(23)17-15(9-20-22)18-16(21(17)4)8-13(3)24-18/h5-9H,10H2,1-4H3. The van der Waals surface area contributed by atoms with Gasteiger partial charge in [0.15, 0.2) is 0 Å². The van der Waals surface area contributed by atoms with Crippen LogP contribution in [-0.2, 0) is 13.6 Å². The molecule has 24 heavy (non-hydrogen) atoms. The van der Waals surface area contributed by atoms with Crippen molar-refractivity contribution in [2.75, 3.05) is 0 Å². The lowest BCUT2D eigenvalue weighted by Gasteiger charge is -2.08. The molecular weight excluding hydrogens is 318 g/mol. The Balaban J connectivity index is 1.89. The number of nitrogens with zero attached hydrogens (tertiary/aromatic N) is 3. The van der Waals surface area contributed by atoms with Crippen LogP contribution in [0.25, 0.3) is 21.1 Å². The minimum atomic E-state index is -0.0322. The molecule has 0 fully saturated rings. The maximum Gasteiger partial charge on any atom is 0.291 e. The molecule has 0 saturated heterocycles. The highest BCUT2D eigenvalue weighted by Crippen LogP contribution is 2.32. The van der Waals surface area contributed by atoms with Crippen LogP contribution < -0.4 is 5.56 Å². The van der Waals surface area contributed by atoms with Crippen LogP contribution in [0, 0.1) is 20.8 Å². The summed E-state index contributed by atoms with van der Waals surface area (Å²) in [7, 11) is 1.96. The van der Waals surface area contributed by atoms with Crippen LogP contribution in [0.15, 0.2) is 35.3 Å². The quantitative estimate of drug-likeness (QED) is 0.556. The van der Waals surface area contributed by atoms with Gasteiger partial charge in [-0.15, -0.1) is 11.3 Å². The molecule has 4 aromatic rings. The minimum absolute atomic E-state index is 0.0322. The second-order valence-corrected chi connectivity index (χ2v) is 7.75. The van der Waals surface area contributed by atoms with E-state index in [9.17, 15) is 4.79 Å². The number of hydrogen-bond donors (Lipinski definition) is 0. The van der Waals surface area contributed by atoms with Gasteiger partial charge in [0.25, 0.3) is 5.56 Å². The maximum atomic E-state index is 13.0. The largest absolute Gasteiger partial charge is 0.338 e. The average Bonchev–Trinajstić information content (AvgIpc) is 2.99. The van der Waals surface area contributed by atoms with Gasteiger partial charge in [-0.25, -0.2) is 4.68 Å². The highest BCUT2D eigenvalue weighted by atomic mass is 32.1. The highest BCUT2D eigenvalue weighted by molar-refractivity contribution is 7.20. The van der Waals surface area contributed by atoms with Gasteiger partial charge in [-0.1, -0.05) is 29.3 Å². The first-order valence-corrected chi connectivity index (χ1v) is 8.77. The molecular formula is C19H19N3OS. The van der Waals surface area contributed by atoms with Gasteiger partial charge in [0, 0.05) is 17.3 Å². The molecule has 0 amide bonds. The van der Waals surface area contributed by atoms with E-state index in [2.05, 4.69) is 50.1 Å². The molecule has 1 aromatic carbocycles. The van der Waals surface area contributed by atoms with Gasteiger partial charge in [-0.05, 0) is 32.4 Å². The Morgan fingerprint density at radius 3 is 2.50 bits per heavy atom. The SMILES string of the molecule is Cc1cc(C)cc(Cn2ncc3c4sc(C)cc4n(C)c3c2=O)c1. The fourth-order valence-electron chi connectivity index (χ4n) is 3.48. The molecule has 0 aliphatic heterocycles. The lowest BCUT2D eigenvalue weighted by Crippen LogP contribution is -2.24. The van der Waals surface area contributed by atoms with Crippen LogP contribution in [-0.4, -0.2) is 14.3 Å². The third kappa shape index (κ3) is 2.27. The fraction of sp³-hybridized carbons (Fsp3) is 0.263. The Bertz CT molecular complexity index is 1130. The molecule has 4 rings (SSSR count). The van der Waals surface area contributed by atoms with Crippen molar-refractivity contribution in [2.45, 2.75) is 27.3 Å². The summed E-state index contributed by atoms with van der Waals surface area (Å²) >= 11 is 1.72. The molecule has 0 aliphatic carbocycles. The monoisotopic (exact) mass is 337 g/mol. The number of fused-ring (bicyclic) bond motifs is 3. The van der Waals surface area contributed by atoms with Crippen LogP contribution in [0.3, 0.4) is 0 Å². The van der Waals surface area contributed by atoms with Crippen LogP contribution in [0.1, 0.15) is 21.6 Å². The molecule has 0 unspecified atom stereocenters. The van der Waals surface area contributed by atoms with Gasteiger partial charge in [0.2, 0.25) is 0 Å². The van der Waals surface area contributed by atoms with Crippen molar-refractivity contribution >= 4 is 32.5 Å². The smallest absolute Gasteiger partial charge is 0.291 e. The summed E-state index contributed by atoms with van der Waals surface area (Å²) < 4.78 is 4.71. The van der Waals surface area contributed by atoms with E-state index < -0.39 is 0 Å². The highest BCUT2D eigenvalue weighted by Gasteiger charge is 2.16. The van der Waals surface area contributed by atoms with E-state index in [4.69, 9.17) is 0 Å². The summed E-state index contributed by atoms with van der Waals surface area (Å²) in [6.07, 6.45) is 1.83. The van der Waals surface area contributed by atoms with Crippen molar-refractivity contribution in [3.8, 4) is 0 Å². The molecule has 122 valence electrons. The molecule has 0 saturated carbocycles. The summed E-state index contributed by atoms with van der Waals surface area (Å²) in [5.41, 5.74) is 5.32. The van der Waals surface area contributed by atoms with E-state index >= 15 is 0 Å². The van der Waals surface area contributed by atoms with Crippen LogP contribution >= 0.6 is 11.3 Å². The number of benzene rings is 1. The maximum absolute atomic E-state index is 13.0. The molecule has 5 heteroatoms. The summed E-state index contributed by atoms with van der Waals surface area (Å²) in [5, 5.41) is 5.38. The predicted molar refractivity (Wildman–Crippen MR) is 100 cm³/mol. The zero-order valence-electron chi connectivity index (χ0n) is 14.3. The van der Waals surface area contributed by atoms with Gasteiger partial charge >= 0.3 is 0 Å². The van der Waals surface area contributed by atoms with Crippen molar-refractivity contribution in [3.05, 3.63) is 62.4 Å². The first-order chi connectivity index (χ1) is 11.4. The van der Waals surface area contributed by atoms with Crippen molar-refractivity contribution in [1.29, 1.82) is 0 Å². The van der Waals surface area contributed by atoms with E-state index in [1.807, 2.05) is 17.8 Å². The Morgan fingerprint density at radius 1 is 1.08 bits per heavy atom. The second kappa shape index (κ2) is 5.31. The molecule has 0 radical (unpaired) electrons. The Kier molecular flexibility index (Phi) is 3.35. The fourth-order valence-corrected chi connectivity index (χ4v) is 4.53. The third-order valence-corrected chi connectivity index (χ3v) is 5.48. The first kappa shape index (κ1) is 15.1. The third-order valence-electron chi connectivity index (χ3n) is 4.41. The van der Waals surface area contributed by atoms with Gasteiger partial charge in [-0.3, -0.25) is 4.79 Å². The normalized spacial score (nSPS) is 11.7. The zero-order chi connectivity index (χ0) is 17.0. The second-order valence-electron chi connectivity index (χ2n) is 6.50. The molecule has 0 N–H and O–H groups in total. The van der Waals surface area contributed by atoms with E-state index in [1.54, 1.807) is 16.0 Å². The molecule has 4 nitrogen and oxygen atoms in total. The molecule has 0 spiro atoms. The van der Waals surface area contributed by atoms with Crippen LogP contribution in [0.2, 0.25) is 0 Å². The lowest BCUT2D eigenvalue weighted by atomic mass is 10.1. The Labute approximate surface area is 144 Å². The van der Waals surface area contributed by atoms with Gasteiger partial charge < -0.3 is 4.57 Å². The average molecular weight is 337 g/mol. The summed E-state index contributed by atoms with van der Waals surface area (Å²) in [6.45, 7) is 6.73. The topological polar surface area (TPSA) is 39.8 Å². The van der Waals surface area contributed by atoms with E-state index in [0.717, 1.165) is 26.7 Å². The van der Waals surface area contributed by atoms with Gasteiger partial charge in [0.05, 0.1) is 23.0 Å². The number of hydrogen-bond acceptors (Lipinski definition) is 3. The first-order valence-electron chi connectivity index (χ1n) is 7.96. The van der Waals surface area contributed by atoms with Crippen LogP contribution in [0.4, 0.5) is 0 Å². The van der Waals surface area contributed by atoms with Crippen molar-refractivity contribution < 1.29 is 0 Å². The van der Waals surface area contributed by atoms with Crippen molar-refractivity contribution in [3.63, 3.8) is 0 Å². The molecule has 0 bridgehead atoms. The van der Waals surface area contributed by atoms with Crippen molar-refractivity contribution in [1.82, 2.24) is 14.3 Å². The summed E-state index contributed by atoms with van der Waals surface area (Å²) in [4.78, 5) is 14.2. The Morgan fingerprint density at radius 2 is 1.79 bits per heavy atom. The minimum Gasteiger partial charge on any atom is -0.338 e. The predicted octanol–water partition coefficient (Wildman–Crippen LogP) is 3.92. The molecule has 0 aliphatic rings. The van der Waals surface area contributed by atoms with E-state index in [0.29, 0.717) is 6.54 Å². The number of thiophene rings is 1. The molecule has 3 heterocycles. The number of rotatable bonds is 2. The zero-order valence-corrected chi connectivity index (χ0v) is 15.1. The van der Waals surface area contributed by atoms with E-state index in [1.165, 1.54) is 16.0 Å². The Hall–Kier alpha value is -2.40.